The SMILES string of the molecule is CCCCCCCCCCCCCCCCCC(COP(=O)(O)O)Oc1cccc2ccccc12. The number of phosphoric acid groups is 1. The average molecular weight is 507 g/mol. The largest absolute Gasteiger partial charge is 0.487 e. The van der Waals surface area contributed by atoms with Crippen molar-refractivity contribution < 1.29 is 23.6 Å². The molecule has 0 radical (unpaired) electrons. The summed E-state index contributed by atoms with van der Waals surface area (Å²) in [5, 5.41) is 2.07. The lowest BCUT2D eigenvalue weighted by atomic mass is 10.0. The fraction of sp³-hybridized carbons (Fsp3) is 0.655. The molecule has 0 heterocycles. The molecule has 198 valence electrons. The van der Waals surface area contributed by atoms with Crippen molar-refractivity contribution in [3.63, 3.8) is 0 Å². The number of ether oxygens (including phenoxy) is 1. The Morgan fingerprint density at radius 2 is 1.23 bits per heavy atom. The fourth-order valence-corrected chi connectivity index (χ4v) is 4.94. The van der Waals surface area contributed by atoms with Crippen LogP contribution in [0, 0.1) is 0 Å². The Kier molecular flexibility index (Phi) is 15.3. The maximum atomic E-state index is 11.2. The van der Waals surface area contributed by atoms with E-state index >= 15 is 0 Å². The number of hydrogen-bond acceptors (Lipinski definition) is 3. The first-order chi connectivity index (χ1) is 17.0. The van der Waals surface area contributed by atoms with Gasteiger partial charge in [0.1, 0.15) is 11.9 Å². The molecule has 0 spiro atoms. The highest BCUT2D eigenvalue weighted by molar-refractivity contribution is 7.46. The zero-order chi connectivity index (χ0) is 25.2. The zero-order valence-corrected chi connectivity index (χ0v) is 22.6. The number of fused-ring (bicyclic) bond motifs is 1. The Bertz CT molecular complexity index is 845. The van der Waals surface area contributed by atoms with Crippen LogP contribution in [0.3, 0.4) is 0 Å². The monoisotopic (exact) mass is 506 g/mol. The molecule has 0 saturated heterocycles. The van der Waals surface area contributed by atoms with Crippen LogP contribution in [0.15, 0.2) is 42.5 Å². The predicted molar refractivity (Wildman–Crippen MR) is 146 cm³/mol. The molecule has 1 atom stereocenters. The molecule has 2 aromatic rings. The second kappa shape index (κ2) is 17.9. The van der Waals surface area contributed by atoms with Crippen molar-refractivity contribution in [1.29, 1.82) is 0 Å². The van der Waals surface area contributed by atoms with E-state index in [2.05, 4.69) is 6.92 Å². The third-order valence-corrected chi connectivity index (χ3v) is 7.09. The van der Waals surface area contributed by atoms with Gasteiger partial charge in [0.25, 0.3) is 0 Å². The Morgan fingerprint density at radius 3 is 1.80 bits per heavy atom. The van der Waals surface area contributed by atoms with Gasteiger partial charge in [-0.3, -0.25) is 4.52 Å². The molecule has 0 aromatic heterocycles. The van der Waals surface area contributed by atoms with Gasteiger partial charge in [0.2, 0.25) is 0 Å². The molecule has 35 heavy (non-hydrogen) atoms. The Labute approximate surface area is 212 Å². The summed E-state index contributed by atoms with van der Waals surface area (Å²) in [4.78, 5) is 18.3. The number of unbranched alkanes of at least 4 members (excludes halogenated alkanes) is 14. The summed E-state index contributed by atoms with van der Waals surface area (Å²) in [7, 11) is -4.53. The third-order valence-electron chi connectivity index (χ3n) is 6.60. The molecule has 2 aromatic carbocycles. The molecule has 5 nitrogen and oxygen atoms in total. The molecule has 0 aliphatic carbocycles. The standard InChI is InChI=1S/C29H47O5P/c1-2-3-4-5-6-7-8-9-10-11-12-13-14-15-16-22-27(25-33-35(30,31)32)34-29-24-19-21-26-20-17-18-23-28(26)29/h17-21,23-24,27H,2-16,22,25H2,1H3,(H2,30,31,32). The molecular weight excluding hydrogens is 459 g/mol. The Hall–Kier alpha value is -1.39. The van der Waals surface area contributed by atoms with Crippen LogP contribution in [-0.4, -0.2) is 22.5 Å². The van der Waals surface area contributed by atoms with E-state index in [1.54, 1.807) is 0 Å². The van der Waals surface area contributed by atoms with Gasteiger partial charge >= 0.3 is 7.82 Å². The smallest absolute Gasteiger partial charge is 0.469 e. The van der Waals surface area contributed by atoms with Crippen LogP contribution in [0.5, 0.6) is 5.75 Å². The fourth-order valence-electron chi connectivity index (χ4n) is 4.58. The van der Waals surface area contributed by atoms with Crippen LogP contribution in [0.25, 0.3) is 10.8 Å². The minimum atomic E-state index is -4.53. The molecule has 6 heteroatoms. The zero-order valence-electron chi connectivity index (χ0n) is 21.7. The van der Waals surface area contributed by atoms with Gasteiger partial charge in [-0.15, -0.1) is 0 Å². The van der Waals surface area contributed by atoms with Crippen LogP contribution in [0.2, 0.25) is 0 Å². The van der Waals surface area contributed by atoms with Crippen molar-refractivity contribution >= 4 is 18.6 Å². The maximum Gasteiger partial charge on any atom is 0.469 e. The summed E-state index contributed by atoms with van der Waals surface area (Å²) >= 11 is 0. The van der Waals surface area contributed by atoms with E-state index in [1.165, 1.54) is 83.5 Å². The topological polar surface area (TPSA) is 76.0 Å². The van der Waals surface area contributed by atoms with Gasteiger partial charge in [0, 0.05) is 5.39 Å². The molecule has 0 amide bonds. The summed E-state index contributed by atoms with van der Waals surface area (Å²) in [5.74, 6) is 0.725. The number of hydrogen-bond donors (Lipinski definition) is 2. The van der Waals surface area contributed by atoms with Crippen LogP contribution in [-0.2, 0) is 9.09 Å². The molecule has 2 N–H and O–H groups in total. The van der Waals surface area contributed by atoms with E-state index < -0.39 is 13.9 Å². The number of benzene rings is 2. The highest BCUT2D eigenvalue weighted by Crippen LogP contribution is 2.36. The van der Waals surface area contributed by atoms with Gasteiger partial charge < -0.3 is 14.5 Å². The van der Waals surface area contributed by atoms with Crippen molar-refractivity contribution in [2.24, 2.45) is 0 Å². The van der Waals surface area contributed by atoms with Crippen molar-refractivity contribution in [2.45, 2.75) is 116 Å². The molecule has 0 saturated carbocycles. The van der Waals surface area contributed by atoms with E-state index in [0.717, 1.165) is 29.4 Å². The van der Waals surface area contributed by atoms with E-state index in [1.807, 2.05) is 42.5 Å². The number of phosphoric ester groups is 1. The van der Waals surface area contributed by atoms with Crippen molar-refractivity contribution in [1.82, 2.24) is 0 Å². The molecule has 0 bridgehead atoms. The molecule has 1 unspecified atom stereocenters. The first-order valence-electron chi connectivity index (χ1n) is 13.8. The van der Waals surface area contributed by atoms with E-state index in [-0.39, 0.29) is 6.61 Å². The second-order valence-corrected chi connectivity index (χ2v) is 11.0. The second-order valence-electron chi connectivity index (χ2n) is 9.74. The highest BCUT2D eigenvalue weighted by atomic mass is 31.2. The van der Waals surface area contributed by atoms with Crippen molar-refractivity contribution in [3.05, 3.63) is 42.5 Å². The maximum absolute atomic E-state index is 11.2. The van der Waals surface area contributed by atoms with E-state index in [9.17, 15) is 4.57 Å². The summed E-state index contributed by atoms with van der Waals surface area (Å²) in [6.45, 7) is 2.15. The summed E-state index contributed by atoms with van der Waals surface area (Å²) in [6, 6.07) is 13.8. The lowest BCUT2D eigenvalue weighted by Crippen LogP contribution is -2.22. The average Bonchev–Trinajstić information content (AvgIpc) is 2.84. The first-order valence-corrected chi connectivity index (χ1v) is 15.4. The minimum absolute atomic E-state index is 0.119. The van der Waals surface area contributed by atoms with Crippen molar-refractivity contribution in [3.8, 4) is 5.75 Å². The van der Waals surface area contributed by atoms with Gasteiger partial charge in [-0.25, -0.2) is 4.57 Å². The van der Waals surface area contributed by atoms with Gasteiger partial charge in [0.15, 0.2) is 0 Å². The molecule has 2 rings (SSSR count). The van der Waals surface area contributed by atoms with Gasteiger partial charge in [-0.2, -0.15) is 0 Å². The van der Waals surface area contributed by atoms with E-state index in [0.29, 0.717) is 6.42 Å². The summed E-state index contributed by atoms with van der Waals surface area (Å²) in [6.07, 6.45) is 19.9. The summed E-state index contributed by atoms with van der Waals surface area (Å²) in [5.41, 5.74) is 0. The van der Waals surface area contributed by atoms with Crippen LogP contribution in [0.1, 0.15) is 110 Å². The van der Waals surface area contributed by atoms with Crippen LogP contribution < -0.4 is 4.74 Å². The van der Waals surface area contributed by atoms with Crippen molar-refractivity contribution in [2.75, 3.05) is 6.61 Å². The quantitative estimate of drug-likeness (QED) is 0.130. The van der Waals surface area contributed by atoms with E-state index in [4.69, 9.17) is 19.0 Å². The minimum Gasteiger partial charge on any atom is -0.487 e. The first kappa shape index (κ1) is 29.8. The molecular formula is C29H47O5P. The normalized spacial score (nSPS) is 12.8. The molecule has 0 fully saturated rings. The summed E-state index contributed by atoms with van der Waals surface area (Å²) < 4.78 is 22.2. The van der Waals surface area contributed by atoms with Gasteiger partial charge in [-0.1, -0.05) is 133 Å². The van der Waals surface area contributed by atoms with Gasteiger partial charge in [-0.05, 0) is 24.3 Å². The Morgan fingerprint density at radius 1 is 0.714 bits per heavy atom. The van der Waals surface area contributed by atoms with Crippen LogP contribution >= 0.6 is 7.82 Å². The van der Waals surface area contributed by atoms with Gasteiger partial charge in [0.05, 0.1) is 6.61 Å². The molecule has 0 aliphatic rings. The highest BCUT2D eigenvalue weighted by Gasteiger charge is 2.20. The lowest BCUT2D eigenvalue weighted by Gasteiger charge is -2.20. The number of rotatable bonds is 21. The van der Waals surface area contributed by atoms with Crippen LogP contribution in [0.4, 0.5) is 0 Å². The third kappa shape index (κ3) is 14.1. The lowest BCUT2D eigenvalue weighted by molar-refractivity contribution is 0.0952. The Balaban J connectivity index is 1.61. The molecule has 0 aliphatic heterocycles. The predicted octanol–water partition coefficient (Wildman–Crippen LogP) is 8.96.